The maximum absolute atomic E-state index is 9.03. The average Bonchev–Trinajstić information content (AvgIpc) is 2.56. The van der Waals surface area contributed by atoms with Crippen molar-refractivity contribution in [3.63, 3.8) is 0 Å². The highest BCUT2D eigenvalue weighted by molar-refractivity contribution is 5.53. The van der Waals surface area contributed by atoms with E-state index in [2.05, 4.69) is 32.4 Å². The fraction of sp³-hybridized carbons (Fsp3) is 0.947. The standard InChI is InChI=1S/C17H38N.C2H4O3/c1-5-9-13-17-18(14-10-6-2,15-11-7-3)16-12-8-4;1-5-2(3)4/h5-17H2,1-4H3;1H3,(H,3,4)/q+1;/p-1. The number of carbonyl (C=O) groups excluding carboxylic acids is 1. The number of carboxylic acid groups (broad SMARTS) is 1. The Hall–Kier alpha value is -0.770. The summed E-state index contributed by atoms with van der Waals surface area (Å²) in [4.78, 5) is 9.03. The summed E-state index contributed by atoms with van der Waals surface area (Å²) >= 11 is 0. The van der Waals surface area contributed by atoms with E-state index < -0.39 is 6.16 Å². The van der Waals surface area contributed by atoms with Crippen LogP contribution in [0.4, 0.5) is 4.79 Å². The van der Waals surface area contributed by atoms with Gasteiger partial charge in [0.05, 0.1) is 26.2 Å². The van der Waals surface area contributed by atoms with Crippen LogP contribution in [0.3, 0.4) is 0 Å². The lowest BCUT2D eigenvalue weighted by atomic mass is 10.1. The van der Waals surface area contributed by atoms with E-state index in [4.69, 9.17) is 9.90 Å². The molecule has 0 saturated heterocycles. The van der Waals surface area contributed by atoms with Gasteiger partial charge in [0, 0.05) is 7.11 Å². The first kappa shape index (κ1) is 24.5. The van der Waals surface area contributed by atoms with E-state index in [1.54, 1.807) is 0 Å². The zero-order valence-corrected chi connectivity index (χ0v) is 16.4. The van der Waals surface area contributed by atoms with Gasteiger partial charge in [-0.3, -0.25) is 0 Å². The van der Waals surface area contributed by atoms with E-state index in [-0.39, 0.29) is 0 Å². The van der Waals surface area contributed by atoms with Crippen LogP contribution in [-0.2, 0) is 4.74 Å². The van der Waals surface area contributed by atoms with Crippen LogP contribution in [-0.4, -0.2) is 43.9 Å². The third-order valence-corrected chi connectivity index (χ3v) is 4.36. The SMILES string of the molecule is CCCCC[N+](CCCC)(CCCC)CCCC.COC(=O)[O-]. The Bertz CT molecular complexity index is 235. The van der Waals surface area contributed by atoms with E-state index >= 15 is 0 Å². The fourth-order valence-electron chi connectivity index (χ4n) is 2.85. The molecule has 0 saturated carbocycles. The van der Waals surface area contributed by atoms with Gasteiger partial charge in [-0.15, -0.1) is 0 Å². The largest absolute Gasteiger partial charge is 0.553 e. The van der Waals surface area contributed by atoms with Gasteiger partial charge < -0.3 is 19.1 Å². The molecular formula is C19H41NO3. The van der Waals surface area contributed by atoms with Gasteiger partial charge in [-0.2, -0.15) is 0 Å². The summed E-state index contributed by atoms with van der Waals surface area (Å²) in [5.74, 6) is 0. The summed E-state index contributed by atoms with van der Waals surface area (Å²) in [7, 11) is 1.04. The first-order chi connectivity index (χ1) is 11.0. The number of hydrogen-bond acceptors (Lipinski definition) is 3. The zero-order chi connectivity index (χ0) is 18.0. The van der Waals surface area contributed by atoms with Gasteiger partial charge >= 0.3 is 0 Å². The third-order valence-electron chi connectivity index (χ3n) is 4.36. The lowest BCUT2D eigenvalue weighted by Crippen LogP contribution is -2.50. The number of unbranched alkanes of at least 4 members (excludes halogenated alkanes) is 5. The van der Waals surface area contributed by atoms with E-state index in [0.29, 0.717) is 0 Å². The molecule has 4 nitrogen and oxygen atoms in total. The van der Waals surface area contributed by atoms with Crippen molar-refractivity contribution >= 4 is 6.16 Å². The number of rotatable bonds is 13. The van der Waals surface area contributed by atoms with Crippen LogP contribution in [0.1, 0.15) is 85.5 Å². The third kappa shape index (κ3) is 15.9. The lowest BCUT2D eigenvalue weighted by Gasteiger charge is -2.39. The molecule has 0 heterocycles. The second-order valence-electron chi connectivity index (χ2n) is 6.46. The van der Waals surface area contributed by atoms with E-state index in [1.165, 1.54) is 88.4 Å². The van der Waals surface area contributed by atoms with Gasteiger partial charge in [-0.1, -0.05) is 53.4 Å². The second-order valence-corrected chi connectivity index (χ2v) is 6.46. The Morgan fingerprint density at radius 2 is 1.04 bits per heavy atom. The quantitative estimate of drug-likeness (QED) is 0.286. The van der Waals surface area contributed by atoms with Gasteiger partial charge in [0.1, 0.15) is 0 Å². The molecule has 0 aromatic heterocycles. The van der Waals surface area contributed by atoms with Crippen LogP contribution in [0.5, 0.6) is 0 Å². The number of hydrogen-bond donors (Lipinski definition) is 0. The molecule has 140 valence electrons. The molecular weight excluding hydrogens is 290 g/mol. The maximum atomic E-state index is 9.03. The minimum atomic E-state index is -1.50. The molecule has 0 rings (SSSR count). The highest BCUT2D eigenvalue weighted by Gasteiger charge is 2.24. The van der Waals surface area contributed by atoms with Crippen molar-refractivity contribution in [2.45, 2.75) is 85.5 Å². The van der Waals surface area contributed by atoms with Crippen LogP contribution < -0.4 is 5.11 Å². The Kier molecular flexibility index (Phi) is 18.7. The normalized spacial score (nSPS) is 10.8. The second kappa shape index (κ2) is 17.6. The number of quaternary nitrogens is 1. The molecule has 0 unspecified atom stereocenters. The monoisotopic (exact) mass is 331 g/mol. The van der Waals surface area contributed by atoms with Gasteiger partial charge in [0.25, 0.3) is 6.16 Å². The molecule has 0 aliphatic carbocycles. The molecule has 0 bridgehead atoms. The first-order valence-electron chi connectivity index (χ1n) is 9.61. The molecule has 0 aromatic rings. The number of nitrogens with zero attached hydrogens (tertiary/aromatic N) is 1. The number of methoxy groups -OCH3 is 1. The van der Waals surface area contributed by atoms with Crippen molar-refractivity contribution in [1.29, 1.82) is 0 Å². The Balaban J connectivity index is 0. The lowest BCUT2D eigenvalue weighted by molar-refractivity contribution is -0.929. The van der Waals surface area contributed by atoms with Crippen molar-refractivity contribution in [3.8, 4) is 0 Å². The molecule has 23 heavy (non-hydrogen) atoms. The molecule has 4 heteroatoms. The predicted molar refractivity (Wildman–Crippen MR) is 96.4 cm³/mol. The molecule has 0 N–H and O–H groups in total. The van der Waals surface area contributed by atoms with Crippen molar-refractivity contribution in [2.75, 3.05) is 33.3 Å². The van der Waals surface area contributed by atoms with Crippen LogP contribution in [0, 0.1) is 0 Å². The summed E-state index contributed by atoms with van der Waals surface area (Å²) in [6.07, 6.45) is 11.0. The molecule has 0 radical (unpaired) electrons. The number of carbonyl (C=O) groups is 1. The Labute approximate surface area is 144 Å². The molecule has 0 atom stereocenters. The molecule has 0 fully saturated rings. The smallest absolute Gasteiger partial charge is 0.251 e. The summed E-state index contributed by atoms with van der Waals surface area (Å²) < 4.78 is 4.98. The molecule has 0 amide bonds. The van der Waals surface area contributed by atoms with Gasteiger partial charge in [-0.05, 0) is 32.1 Å². The van der Waals surface area contributed by atoms with Crippen molar-refractivity contribution in [2.24, 2.45) is 0 Å². The minimum Gasteiger partial charge on any atom is -0.553 e. The maximum Gasteiger partial charge on any atom is 0.251 e. The zero-order valence-electron chi connectivity index (χ0n) is 16.4. The summed E-state index contributed by atoms with van der Waals surface area (Å²) in [6, 6.07) is 0. The van der Waals surface area contributed by atoms with Crippen LogP contribution in [0.25, 0.3) is 0 Å². The van der Waals surface area contributed by atoms with Crippen molar-refractivity contribution < 1.29 is 19.1 Å². The van der Waals surface area contributed by atoms with Crippen molar-refractivity contribution in [3.05, 3.63) is 0 Å². The van der Waals surface area contributed by atoms with E-state index in [0.717, 1.165) is 7.11 Å². The molecule has 0 aromatic carbocycles. The molecule has 0 spiro atoms. The number of ether oxygens (including phenoxy) is 1. The molecule has 0 aliphatic heterocycles. The highest BCUT2D eigenvalue weighted by atomic mass is 16.6. The summed E-state index contributed by atoms with van der Waals surface area (Å²) in [5, 5.41) is 9.03. The van der Waals surface area contributed by atoms with Gasteiger partial charge in [-0.25, -0.2) is 0 Å². The summed E-state index contributed by atoms with van der Waals surface area (Å²) in [6.45, 7) is 15.0. The van der Waals surface area contributed by atoms with Crippen LogP contribution in [0.15, 0.2) is 0 Å². The molecule has 0 aliphatic rings. The minimum absolute atomic E-state index is 1.04. The van der Waals surface area contributed by atoms with Gasteiger partial charge in [0.2, 0.25) is 0 Å². The average molecular weight is 332 g/mol. The van der Waals surface area contributed by atoms with Crippen LogP contribution >= 0.6 is 0 Å². The first-order valence-corrected chi connectivity index (χ1v) is 9.61. The van der Waals surface area contributed by atoms with Crippen LogP contribution in [0.2, 0.25) is 0 Å². The summed E-state index contributed by atoms with van der Waals surface area (Å²) in [5.41, 5.74) is 0. The fourth-order valence-corrected chi connectivity index (χ4v) is 2.85. The van der Waals surface area contributed by atoms with Crippen molar-refractivity contribution in [1.82, 2.24) is 0 Å². The Morgan fingerprint density at radius 1 is 0.739 bits per heavy atom. The topological polar surface area (TPSA) is 49.4 Å². The van der Waals surface area contributed by atoms with E-state index in [1.807, 2.05) is 0 Å². The highest BCUT2D eigenvalue weighted by Crippen LogP contribution is 2.16. The van der Waals surface area contributed by atoms with E-state index in [9.17, 15) is 0 Å². The Morgan fingerprint density at radius 3 is 1.30 bits per heavy atom. The van der Waals surface area contributed by atoms with Gasteiger partial charge in [0.15, 0.2) is 0 Å². The predicted octanol–water partition coefficient (Wildman–Crippen LogP) is 4.37.